The van der Waals surface area contributed by atoms with Crippen LogP contribution in [0.2, 0.25) is 0 Å². The molecule has 0 heterocycles. The summed E-state index contributed by atoms with van der Waals surface area (Å²) in [6, 6.07) is 9.70. The van der Waals surface area contributed by atoms with E-state index < -0.39 is 5.92 Å². The molecule has 0 saturated carbocycles. The molecule has 0 spiro atoms. The number of unbranched alkanes of at least 4 members (excludes halogenated alkanes) is 6. The van der Waals surface area contributed by atoms with E-state index in [1.54, 1.807) is 6.92 Å². The first kappa shape index (κ1) is 18.6. The van der Waals surface area contributed by atoms with E-state index in [9.17, 15) is 9.59 Å². The third-order valence-corrected chi connectivity index (χ3v) is 4.20. The molecule has 1 unspecified atom stereocenters. The van der Waals surface area contributed by atoms with Gasteiger partial charge in [0.15, 0.2) is 0 Å². The Morgan fingerprint density at radius 2 is 1.50 bits per heavy atom. The molecule has 0 radical (unpaired) electrons. The van der Waals surface area contributed by atoms with E-state index in [1.165, 1.54) is 32.1 Å². The molecule has 1 aromatic carbocycles. The van der Waals surface area contributed by atoms with Crippen molar-refractivity contribution in [2.45, 2.75) is 71.6 Å². The summed E-state index contributed by atoms with van der Waals surface area (Å²) in [5.74, 6) is -0.313. The molecule has 22 heavy (non-hydrogen) atoms. The zero-order chi connectivity index (χ0) is 16.2. The molecule has 0 aliphatic heterocycles. The van der Waals surface area contributed by atoms with Gasteiger partial charge in [-0.05, 0) is 18.9 Å². The number of benzene rings is 1. The van der Waals surface area contributed by atoms with Crippen molar-refractivity contribution in [3.8, 4) is 0 Å². The fraction of sp³-hybridized carbons (Fsp3) is 0.600. The summed E-state index contributed by atoms with van der Waals surface area (Å²) in [7, 11) is 0. The lowest BCUT2D eigenvalue weighted by Gasteiger charge is -2.12. The van der Waals surface area contributed by atoms with Crippen LogP contribution < -0.4 is 0 Å². The first-order chi connectivity index (χ1) is 10.6. The number of carbonyl (C=O) groups excluding carboxylic acids is 2. The maximum absolute atomic E-state index is 12.3. The minimum absolute atomic E-state index is 0.0203. The third kappa shape index (κ3) is 7.53. The van der Waals surface area contributed by atoms with Gasteiger partial charge in [-0.1, -0.05) is 82.2 Å². The van der Waals surface area contributed by atoms with Gasteiger partial charge in [0, 0.05) is 6.42 Å². The Bertz CT molecular complexity index is 436. The topological polar surface area (TPSA) is 34.1 Å². The second-order valence-corrected chi connectivity index (χ2v) is 6.20. The lowest BCUT2D eigenvalue weighted by molar-refractivity contribution is -0.131. The van der Waals surface area contributed by atoms with Crippen LogP contribution in [0.5, 0.6) is 0 Å². The second-order valence-electron chi connectivity index (χ2n) is 6.20. The fourth-order valence-corrected chi connectivity index (χ4v) is 2.82. The van der Waals surface area contributed by atoms with Crippen molar-refractivity contribution in [1.29, 1.82) is 0 Å². The average molecular weight is 302 g/mol. The van der Waals surface area contributed by atoms with Crippen LogP contribution >= 0.6 is 0 Å². The Kier molecular flexibility index (Phi) is 9.45. The molecule has 0 saturated heterocycles. The van der Waals surface area contributed by atoms with Crippen molar-refractivity contribution in [2.75, 3.05) is 0 Å². The molecule has 0 aliphatic carbocycles. The zero-order valence-electron chi connectivity index (χ0n) is 14.1. The van der Waals surface area contributed by atoms with Crippen molar-refractivity contribution < 1.29 is 9.59 Å². The van der Waals surface area contributed by atoms with Gasteiger partial charge in [0.25, 0.3) is 0 Å². The molecule has 2 nitrogen and oxygen atoms in total. The normalized spacial score (nSPS) is 12.1. The minimum Gasteiger partial charge on any atom is -0.299 e. The highest BCUT2D eigenvalue weighted by atomic mass is 16.1. The maximum Gasteiger partial charge on any atom is 0.147 e. The van der Waals surface area contributed by atoms with E-state index in [1.807, 2.05) is 30.3 Å². The first-order valence-corrected chi connectivity index (χ1v) is 8.72. The highest BCUT2D eigenvalue weighted by molar-refractivity contribution is 6.02. The Balaban J connectivity index is 2.32. The summed E-state index contributed by atoms with van der Waals surface area (Å²) in [5, 5.41) is 0. The van der Waals surface area contributed by atoms with Crippen LogP contribution in [-0.2, 0) is 16.0 Å². The van der Waals surface area contributed by atoms with Crippen molar-refractivity contribution >= 4 is 11.6 Å². The summed E-state index contributed by atoms with van der Waals surface area (Å²) in [6.07, 6.45) is 9.58. The van der Waals surface area contributed by atoms with E-state index in [4.69, 9.17) is 0 Å². The Morgan fingerprint density at radius 1 is 0.909 bits per heavy atom. The number of hydrogen-bond acceptors (Lipinski definition) is 2. The molecule has 2 heteroatoms. The maximum atomic E-state index is 12.3. The third-order valence-electron chi connectivity index (χ3n) is 4.20. The lowest BCUT2D eigenvalue weighted by Crippen LogP contribution is -2.23. The summed E-state index contributed by atoms with van der Waals surface area (Å²) >= 11 is 0. The summed E-state index contributed by atoms with van der Waals surface area (Å²) < 4.78 is 0. The molecule has 0 fully saturated rings. The number of hydrogen-bond donors (Lipinski definition) is 0. The average Bonchev–Trinajstić information content (AvgIpc) is 2.50. The minimum atomic E-state index is -0.407. The predicted octanol–water partition coefficient (Wildman–Crippen LogP) is 5.14. The Morgan fingerprint density at radius 3 is 2.09 bits per heavy atom. The van der Waals surface area contributed by atoms with Gasteiger partial charge < -0.3 is 0 Å². The molecule has 1 atom stereocenters. The van der Waals surface area contributed by atoms with Crippen LogP contribution in [0.4, 0.5) is 0 Å². The van der Waals surface area contributed by atoms with E-state index in [2.05, 4.69) is 6.92 Å². The standard InChI is InChI=1S/C20H30O2/c1-3-4-5-6-7-8-12-15-19(17(2)21)20(22)16-18-13-10-9-11-14-18/h9-11,13-14,19H,3-8,12,15-16H2,1-2H3. The molecule has 0 bridgehead atoms. The molecule has 0 N–H and O–H groups in total. The second kappa shape index (κ2) is 11.2. The van der Waals surface area contributed by atoms with E-state index in [0.29, 0.717) is 6.42 Å². The summed E-state index contributed by atoms with van der Waals surface area (Å²) in [6.45, 7) is 3.77. The smallest absolute Gasteiger partial charge is 0.147 e. The van der Waals surface area contributed by atoms with Crippen molar-refractivity contribution in [3.63, 3.8) is 0 Å². The molecule has 122 valence electrons. The quantitative estimate of drug-likeness (QED) is 0.395. The van der Waals surface area contributed by atoms with E-state index in [0.717, 1.165) is 24.8 Å². The van der Waals surface area contributed by atoms with Crippen LogP contribution in [0.1, 0.15) is 70.8 Å². The molecular weight excluding hydrogens is 272 g/mol. The zero-order valence-corrected chi connectivity index (χ0v) is 14.1. The molecule has 0 amide bonds. The Hall–Kier alpha value is -1.44. The predicted molar refractivity (Wildman–Crippen MR) is 91.9 cm³/mol. The van der Waals surface area contributed by atoms with Crippen LogP contribution in [0.25, 0.3) is 0 Å². The van der Waals surface area contributed by atoms with Gasteiger partial charge in [0.05, 0.1) is 5.92 Å². The van der Waals surface area contributed by atoms with Crippen molar-refractivity contribution in [3.05, 3.63) is 35.9 Å². The van der Waals surface area contributed by atoms with Crippen LogP contribution in [-0.4, -0.2) is 11.6 Å². The molecule has 0 aromatic heterocycles. The highest BCUT2D eigenvalue weighted by Gasteiger charge is 2.22. The number of rotatable bonds is 12. The Labute approximate surface area is 135 Å². The van der Waals surface area contributed by atoms with E-state index in [-0.39, 0.29) is 11.6 Å². The SMILES string of the molecule is CCCCCCCCCC(C(C)=O)C(=O)Cc1ccccc1. The fourth-order valence-electron chi connectivity index (χ4n) is 2.82. The van der Waals surface area contributed by atoms with Crippen LogP contribution in [0, 0.1) is 5.92 Å². The van der Waals surface area contributed by atoms with Gasteiger partial charge in [-0.15, -0.1) is 0 Å². The number of carbonyl (C=O) groups is 2. The van der Waals surface area contributed by atoms with Crippen molar-refractivity contribution in [1.82, 2.24) is 0 Å². The molecule has 1 rings (SSSR count). The van der Waals surface area contributed by atoms with Crippen LogP contribution in [0.15, 0.2) is 30.3 Å². The first-order valence-electron chi connectivity index (χ1n) is 8.72. The summed E-state index contributed by atoms with van der Waals surface area (Å²) in [5.41, 5.74) is 0.998. The monoisotopic (exact) mass is 302 g/mol. The van der Waals surface area contributed by atoms with Gasteiger partial charge in [-0.2, -0.15) is 0 Å². The largest absolute Gasteiger partial charge is 0.299 e. The van der Waals surface area contributed by atoms with Gasteiger partial charge in [-0.3, -0.25) is 9.59 Å². The molecule has 0 aliphatic rings. The lowest BCUT2D eigenvalue weighted by atomic mass is 9.89. The van der Waals surface area contributed by atoms with Gasteiger partial charge in [0.2, 0.25) is 0 Å². The number of ketones is 2. The van der Waals surface area contributed by atoms with E-state index >= 15 is 0 Å². The van der Waals surface area contributed by atoms with Gasteiger partial charge in [0.1, 0.15) is 11.6 Å². The van der Waals surface area contributed by atoms with Crippen molar-refractivity contribution in [2.24, 2.45) is 5.92 Å². The molecular formula is C20H30O2. The van der Waals surface area contributed by atoms with Gasteiger partial charge >= 0.3 is 0 Å². The van der Waals surface area contributed by atoms with Gasteiger partial charge in [-0.25, -0.2) is 0 Å². The number of Topliss-reactive ketones (excluding diaryl/α,β-unsaturated/α-hetero) is 2. The van der Waals surface area contributed by atoms with Crippen LogP contribution in [0.3, 0.4) is 0 Å². The highest BCUT2D eigenvalue weighted by Crippen LogP contribution is 2.16. The summed E-state index contributed by atoms with van der Waals surface area (Å²) in [4.78, 5) is 24.1. The molecule has 1 aromatic rings.